The highest BCUT2D eigenvalue weighted by molar-refractivity contribution is 6.04. The van der Waals surface area contributed by atoms with Crippen LogP contribution in [0.25, 0.3) is 38.8 Å². The average molecular weight is 404 g/mol. The van der Waals surface area contributed by atoms with Gasteiger partial charge in [-0.2, -0.15) is 5.26 Å². The Balaban J connectivity index is 1.52. The van der Waals surface area contributed by atoms with E-state index in [4.69, 9.17) is 14.7 Å². The normalized spacial score (nSPS) is 12.4. The molecule has 0 aliphatic carbocycles. The van der Waals surface area contributed by atoms with Crippen molar-refractivity contribution in [2.75, 3.05) is 6.79 Å². The van der Waals surface area contributed by atoms with Crippen molar-refractivity contribution in [3.63, 3.8) is 0 Å². The number of benzene rings is 3. The second-order valence-corrected chi connectivity index (χ2v) is 7.41. The molecule has 2 aromatic heterocycles. The molecule has 0 unspecified atom stereocenters. The van der Waals surface area contributed by atoms with Crippen molar-refractivity contribution in [2.45, 2.75) is 6.42 Å². The standard InChI is InChI=1S/C25H16N4O2/c26-10-9-16-1-5-19(6-2-16)29-14-28-22-13-27-21-7-3-17(11-20(21)25(22)29)18-4-8-23-24(12-18)31-15-30-23/h1-8,11-14H,9,15H2. The first-order valence-electron chi connectivity index (χ1n) is 9.92. The molecule has 5 aromatic rings. The zero-order chi connectivity index (χ0) is 20.8. The quantitative estimate of drug-likeness (QED) is 0.421. The molecule has 1 aliphatic rings. The van der Waals surface area contributed by atoms with Crippen LogP contribution in [0.2, 0.25) is 0 Å². The van der Waals surface area contributed by atoms with Gasteiger partial charge in [-0.25, -0.2) is 4.98 Å². The van der Waals surface area contributed by atoms with Crippen LogP contribution in [0.15, 0.2) is 73.2 Å². The van der Waals surface area contributed by atoms with E-state index in [-0.39, 0.29) is 6.79 Å². The Hall–Kier alpha value is -4.37. The molecule has 0 amide bonds. The van der Waals surface area contributed by atoms with Gasteiger partial charge in [0.2, 0.25) is 6.79 Å². The molecule has 0 atom stereocenters. The van der Waals surface area contributed by atoms with E-state index < -0.39 is 0 Å². The summed E-state index contributed by atoms with van der Waals surface area (Å²) in [5, 5.41) is 9.94. The van der Waals surface area contributed by atoms with Crippen molar-refractivity contribution in [3.05, 3.63) is 78.8 Å². The summed E-state index contributed by atoms with van der Waals surface area (Å²) < 4.78 is 13.0. The Morgan fingerprint density at radius 3 is 2.55 bits per heavy atom. The Morgan fingerprint density at radius 1 is 0.871 bits per heavy atom. The maximum absolute atomic E-state index is 8.92. The Labute approximate surface area is 177 Å². The largest absolute Gasteiger partial charge is 0.454 e. The summed E-state index contributed by atoms with van der Waals surface area (Å²) in [7, 11) is 0. The van der Waals surface area contributed by atoms with E-state index >= 15 is 0 Å². The van der Waals surface area contributed by atoms with E-state index in [0.717, 1.165) is 55.8 Å². The van der Waals surface area contributed by atoms with Crippen molar-refractivity contribution in [1.82, 2.24) is 14.5 Å². The van der Waals surface area contributed by atoms with Gasteiger partial charge in [0.05, 0.1) is 29.7 Å². The van der Waals surface area contributed by atoms with Crippen LogP contribution in [0, 0.1) is 11.3 Å². The number of nitrogens with zero attached hydrogens (tertiary/aromatic N) is 4. The summed E-state index contributed by atoms with van der Waals surface area (Å²) in [6.45, 7) is 0.257. The van der Waals surface area contributed by atoms with Crippen LogP contribution in [-0.4, -0.2) is 21.3 Å². The van der Waals surface area contributed by atoms with Crippen molar-refractivity contribution < 1.29 is 9.47 Å². The SMILES string of the molecule is N#CCc1ccc(-n2cnc3cnc4ccc(-c5ccc6c(c5)OCO6)cc4c32)cc1. The third-order valence-electron chi connectivity index (χ3n) is 5.58. The molecule has 0 bridgehead atoms. The molecule has 1 aliphatic heterocycles. The van der Waals surface area contributed by atoms with Crippen LogP contribution in [0.5, 0.6) is 11.5 Å². The molecule has 0 N–H and O–H groups in total. The first-order chi connectivity index (χ1) is 15.3. The molecule has 0 spiro atoms. The Bertz CT molecular complexity index is 1500. The molecule has 3 heterocycles. The van der Waals surface area contributed by atoms with Gasteiger partial charge in [-0.1, -0.05) is 24.3 Å². The number of imidazole rings is 1. The van der Waals surface area contributed by atoms with E-state index in [1.165, 1.54) is 0 Å². The number of fused-ring (bicyclic) bond motifs is 4. The highest BCUT2D eigenvalue weighted by Crippen LogP contribution is 2.37. The van der Waals surface area contributed by atoms with E-state index in [1.807, 2.05) is 54.9 Å². The minimum absolute atomic E-state index is 0.257. The second kappa shape index (κ2) is 6.85. The van der Waals surface area contributed by atoms with Gasteiger partial charge in [0, 0.05) is 11.1 Å². The highest BCUT2D eigenvalue weighted by Gasteiger charge is 2.15. The molecule has 0 fully saturated rings. The fraction of sp³-hybridized carbons (Fsp3) is 0.0800. The Kier molecular flexibility index (Phi) is 3.87. The molecular formula is C25H16N4O2. The van der Waals surface area contributed by atoms with E-state index in [9.17, 15) is 0 Å². The summed E-state index contributed by atoms with van der Waals surface area (Å²) >= 11 is 0. The maximum atomic E-state index is 8.92. The van der Waals surface area contributed by atoms with Crippen LogP contribution in [-0.2, 0) is 6.42 Å². The topological polar surface area (TPSA) is 73.0 Å². The summed E-state index contributed by atoms with van der Waals surface area (Å²) in [5.41, 5.74) is 6.83. The van der Waals surface area contributed by atoms with Crippen LogP contribution >= 0.6 is 0 Å². The van der Waals surface area contributed by atoms with E-state index in [2.05, 4.69) is 32.7 Å². The fourth-order valence-electron chi connectivity index (χ4n) is 4.01. The predicted molar refractivity (Wildman–Crippen MR) is 117 cm³/mol. The van der Waals surface area contributed by atoms with Crippen molar-refractivity contribution in [1.29, 1.82) is 5.26 Å². The second-order valence-electron chi connectivity index (χ2n) is 7.41. The lowest BCUT2D eigenvalue weighted by atomic mass is 10.0. The molecular weight excluding hydrogens is 388 g/mol. The number of rotatable bonds is 3. The number of hydrogen-bond acceptors (Lipinski definition) is 5. The maximum Gasteiger partial charge on any atom is 0.231 e. The summed E-state index contributed by atoms with van der Waals surface area (Å²) in [5.74, 6) is 1.53. The zero-order valence-corrected chi connectivity index (χ0v) is 16.4. The third kappa shape index (κ3) is 2.87. The number of ether oxygens (including phenoxy) is 2. The monoisotopic (exact) mass is 404 g/mol. The van der Waals surface area contributed by atoms with Crippen molar-refractivity contribution >= 4 is 21.9 Å². The van der Waals surface area contributed by atoms with Gasteiger partial charge in [0.1, 0.15) is 11.8 Å². The van der Waals surface area contributed by atoms with E-state index in [0.29, 0.717) is 6.42 Å². The van der Waals surface area contributed by atoms with Crippen LogP contribution < -0.4 is 9.47 Å². The molecule has 0 radical (unpaired) electrons. The smallest absolute Gasteiger partial charge is 0.231 e. The number of hydrogen-bond donors (Lipinski definition) is 0. The average Bonchev–Trinajstić information content (AvgIpc) is 3.46. The fourth-order valence-corrected chi connectivity index (χ4v) is 4.01. The van der Waals surface area contributed by atoms with Gasteiger partial charge in [-0.3, -0.25) is 9.55 Å². The lowest BCUT2D eigenvalue weighted by molar-refractivity contribution is 0.174. The number of nitriles is 1. The van der Waals surface area contributed by atoms with Crippen molar-refractivity contribution in [2.24, 2.45) is 0 Å². The number of pyridine rings is 1. The first kappa shape index (κ1) is 17.5. The minimum atomic E-state index is 0.257. The van der Waals surface area contributed by atoms with Crippen LogP contribution in [0.1, 0.15) is 5.56 Å². The van der Waals surface area contributed by atoms with Gasteiger partial charge in [-0.05, 0) is 53.1 Å². The van der Waals surface area contributed by atoms with Gasteiger partial charge in [0.15, 0.2) is 11.5 Å². The molecule has 0 saturated carbocycles. The van der Waals surface area contributed by atoms with Gasteiger partial charge in [-0.15, -0.1) is 0 Å². The third-order valence-corrected chi connectivity index (χ3v) is 5.58. The number of aromatic nitrogens is 3. The summed E-state index contributed by atoms with van der Waals surface area (Å²) in [6.07, 6.45) is 4.02. The molecule has 6 heteroatoms. The van der Waals surface area contributed by atoms with Crippen LogP contribution in [0.4, 0.5) is 0 Å². The van der Waals surface area contributed by atoms with Crippen LogP contribution in [0.3, 0.4) is 0 Å². The minimum Gasteiger partial charge on any atom is -0.454 e. The van der Waals surface area contributed by atoms with Crippen molar-refractivity contribution in [3.8, 4) is 34.4 Å². The highest BCUT2D eigenvalue weighted by atomic mass is 16.7. The van der Waals surface area contributed by atoms with Gasteiger partial charge in [0.25, 0.3) is 0 Å². The Morgan fingerprint density at radius 2 is 1.68 bits per heavy atom. The zero-order valence-electron chi connectivity index (χ0n) is 16.4. The molecule has 3 aromatic carbocycles. The summed E-state index contributed by atoms with van der Waals surface area (Å²) in [4.78, 5) is 9.16. The molecule has 0 saturated heterocycles. The lowest BCUT2D eigenvalue weighted by Crippen LogP contribution is -1.94. The first-order valence-corrected chi connectivity index (χ1v) is 9.92. The molecule has 6 rings (SSSR count). The van der Waals surface area contributed by atoms with E-state index in [1.54, 1.807) is 6.20 Å². The molecule has 148 valence electrons. The molecule has 6 nitrogen and oxygen atoms in total. The summed E-state index contributed by atoms with van der Waals surface area (Å²) in [6, 6.07) is 22.4. The predicted octanol–water partition coefficient (Wildman–Crippen LogP) is 5.04. The van der Waals surface area contributed by atoms with Gasteiger partial charge < -0.3 is 9.47 Å². The lowest BCUT2D eigenvalue weighted by Gasteiger charge is -2.09. The van der Waals surface area contributed by atoms with Gasteiger partial charge >= 0.3 is 0 Å². The molecule has 31 heavy (non-hydrogen) atoms.